The highest BCUT2D eigenvalue weighted by Crippen LogP contribution is 2.18. The van der Waals surface area contributed by atoms with Crippen molar-refractivity contribution in [1.82, 2.24) is 5.32 Å². The van der Waals surface area contributed by atoms with Crippen LogP contribution in [0.1, 0.15) is 10.4 Å². The van der Waals surface area contributed by atoms with Gasteiger partial charge in [0.1, 0.15) is 24.7 Å². The van der Waals surface area contributed by atoms with Gasteiger partial charge < -0.3 is 19.9 Å². The molecule has 0 unspecified atom stereocenters. The Morgan fingerprint density at radius 3 is 2.35 bits per heavy atom. The number of ether oxygens (including phenoxy) is 2. The Labute approximate surface area is 143 Å². The Bertz CT molecular complexity index is 648. The molecule has 5 nitrogen and oxygen atoms in total. The van der Waals surface area contributed by atoms with E-state index in [1.54, 1.807) is 24.3 Å². The Balaban J connectivity index is 1.80. The highest BCUT2D eigenvalue weighted by molar-refractivity contribution is 9.10. The first-order valence-electron chi connectivity index (χ1n) is 7.19. The minimum atomic E-state index is -0.241. The lowest BCUT2D eigenvalue weighted by Crippen LogP contribution is -2.26. The molecule has 1 amide bonds. The fourth-order valence-electron chi connectivity index (χ4n) is 1.87. The average molecular weight is 380 g/mol. The van der Waals surface area contributed by atoms with Crippen LogP contribution in [-0.2, 0) is 0 Å². The van der Waals surface area contributed by atoms with Crippen molar-refractivity contribution in [3.63, 3.8) is 0 Å². The van der Waals surface area contributed by atoms with E-state index in [1.165, 1.54) is 0 Å². The van der Waals surface area contributed by atoms with Crippen LogP contribution in [0.3, 0.4) is 0 Å². The molecule has 0 aliphatic rings. The second kappa shape index (κ2) is 9.17. The molecule has 0 fully saturated rings. The standard InChI is InChI=1S/C17H18BrNO4/c18-14-4-2-6-16(12-14)23-10-9-22-15-5-1-3-13(11-15)17(21)19-7-8-20/h1-6,11-12,20H,7-10H2,(H,19,21). The van der Waals surface area contributed by atoms with Gasteiger partial charge in [-0.2, -0.15) is 0 Å². The van der Waals surface area contributed by atoms with E-state index >= 15 is 0 Å². The van der Waals surface area contributed by atoms with E-state index in [9.17, 15) is 4.79 Å². The van der Waals surface area contributed by atoms with Crippen molar-refractivity contribution >= 4 is 21.8 Å². The zero-order valence-corrected chi connectivity index (χ0v) is 14.1. The van der Waals surface area contributed by atoms with Gasteiger partial charge in [-0.15, -0.1) is 0 Å². The maximum absolute atomic E-state index is 11.8. The van der Waals surface area contributed by atoms with E-state index in [1.807, 2.05) is 24.3 Å². The summed E-state index contributed by atoms with van der Waals surface area (Å²) in [5.74, 6) is 1.12. The van der Waals surface area contributed by atoms with Gasteiger partial charge in [0, 0.05) is 16.6 Å². The summed E-state index contributed by atoms with van der Waals surface area (Å²) in [5.41, 5.74) is 0.490. The summed E-state index contributed by atoms with van der Waals surface area (Å²) in [7, 11) is 0. The zero-order valence-electron chi connectivity index (χ0n) is 12.5. The van der Waals surface area contributed by atoms with Gasteiger partial charge in [0.05, 0.1) is 6.61 Å². The van der Waals surface area contributed by atoms with Crippen molar-refractivity contribution in [1.29, 1.82) is 0 Å². The number of hydrogen-bond acceptors (Lipinski definition) is 4. The first kappa shape index (κ1) is 17.3. The number of nitrogens with one attached hydrogen (secondary N) is 1. The molecular weight excluding hydrogens is 362 g/mol. The van der Waals surface area contributed by atoms with Crippen molar-refractivity contribution in [2.45, 2.75) is 0 Å². The van der Waals surface area contributed by atoms with Crippen LogP contribution in [0, 0.1) is 0 Å². The van der Waals surface area contributed by atoms with E-state index in [0.717, 1.165) is 10.2 Å². The molecule has 0 spiro atoms. The average Bonchev–Trinajstić information content (AvgIpc) is 2.57. The molecule has 0 saturated heterocycles. The van der Waals surface area contributed by atoms with Crippen molar-refractivity contribution in [3.8, 4) is 11.5 Å². The molecule has 0 atom stereocenters. The van der Waals surface area contributed by atoms with Crippen molar-refractivity contribution in [2.75, 3.05) is 26.4 Å². The van der Waals surface area contributed by atoms with Gasteiger partial charge in [0.15, 0.2) is 0 Å². The summed E-state index contributed by atoms with van der Waals surface area (Å²) < 4.78 is 12.1. The third-order valence-corrected chi connectivity index (χ3v) is 3.40. The Hall–Kier alpha value is -2.05. The topological polar surface area (TPSA) is 67.8 Å². The van der Waals surface area contributed by atoms with Gasteiger partial charge in [0.2, 0.25) is 0 Å². The van der Waals surface area contributed by atoms with Gasteiger partial charge in [-0.05, 0) is 36.4 Å². The molecule has 2 aromatic carbocycles. The molecule has 0 radical (unpaired) electrons. The SMILES string of the molecule is O=C(NCCO)c1cccc(OCCOc2cccc(Br)c2)c1. The van der Waals surface area contributed by atoms with E-state index in [4.69, 9.17) is 14.6 Å². The summed E-state index contributed by atoms with van der Waals surface area (Å²) in [4.78, 5) is 11.8. The quantitative estimate of drug-likeness (QED) is 0.691. The first-order valence-corrected chi connectivity index (χ1v) is 7.98. The fraction of sp³-hybridized carbons (Fsp3) is 0.235. The summed E-state index contributed by atoms with van der Waals surface area (Å²) in [5, 5.41) is 11.3. The summed E-state index contributed by atoms with van der Waals surface area (Å²) in [6, 6.07) is 14.5. The number of rotatable bonds is 8. The third-order valence-electron chi connectivity index (χ3n) is 2.91. The lowest BCUT2D eigenvalue weighted by Gasteiger charge is -2.10. The molecule has 0 saturated carbocycles. The maximum atomic E-state index is 11.8. The van der Waals surface area contributed by atoms with E-state index in [-0.39, 0.29) is 19.1 Å². The molecule has 2 rings (SSSR count). The van der Waals surface area contributed by atoms with Crippen molar-refractivity contribution in [2.24, 2.45) is 0 Å². The van der Waals surface area contributed by atoms with Gasteiger partial charge >= 0.3 is 0 Å². The first-order chi connectivity index (χ1) is 11.2. The second-order valence-corrected chi connectivity index (χ2v) is 5.58. The Morgan fingerprint density at radius 2 is 1.70 bits per heavy atom. The minimum absolute atomic E-state index is 0.0884. The number of aliphatic hydroxyl groups excluding tert-OH is 1. The van der Waals surface area contributed by atoms with E-state index in [2.05, 4.69) is 21.2 Å². The van der Waals surface area contributed by atoms with Crippen molar-refractivity contribution < 1.29 is 19.4 Å². The highest BCUT2D eigenvalue weighted by atomic mass is 79.9. The maximum Gasteiger partial charge on any atom is 0.251 e. The molecular formula is C17H18BrNO4. The number of benzene rings is 2. The number of amides is 1. The third kappa shape index (κ3) is 5.92. The van der Waals surface area contributed by atoms with Crippen molar-refractivity contribution in [3.05, 3.63) is 58.6 Å². The van der Waals surface area contributed by atoms with E-state index < -0.39 is 0 Å². The molecule has 23 heavy (non-hydrogen) atoms. The molecule has 0 aliphatic carbocycles. The zero-order chi connectivity index (χ0) is 16.5. The van der Waals surface area contributed by atoms with Crippen LogP contribution in [0.15, 0.2) is 53.0 Å². The Kier molecular flexibility index (Phi) is 6.90. The number of carbonyl (C=O) groups excluding carboxylic acids is 1. The van der Waals surface area contributed by atoms with Gasteiger partial charge in [-0.25, -0.2) is 0 Å². The smallest absolute Gasteiger partial charge is 0.251 e. The normalized spacial score (nSPS) is 10.2. The predicted octanol–water partition coefficient (Wildman–Crippen LogP) is 2.63. The largest absolute Gasteiger partial charge is 0.490 e. The molecule has 2 aromatic rings. The summed E-state index contributed by atoms with van der Waals surface area (Å²) in [6.45, 7) is 0.908. The van der Waals surface area contributed by atoms with Crippen LogP contribution in [0.25, 0.3) is 0 Å². The predicted molar refractivity (Wildman–Crippen MR) is 91.0 cm³/mol. The molecule has 6 heteroatoms. The van der Waals surface area contributed by atoms with Crippen LogP contribution < -0.4 is 14.8 Å². The van der Waals surface area contributed by atoms with Crippen LogP contribution in [-0.4, -0.2) is 37.4 Å². The van der Waals surface area contributed by atoms with Crippen LogP contribution in [0.4, 0.5) is 0 Å². The molecule has 122 valence electrons. The number of aliphatic hydroxyl groups is 1. The molecule has 0 heterocycles. The molecule has 2 N–H and O–H groups in total. The fourth-order valence-corrected chi connectivity index (χ4v) is 2.25. The summed E-state index contributed by atoms with van der Waals surface area (Å²) in [6.07, 6.45) is 0. The molecule has 0 aromatic heterocycles. The molecule has 0 aliphatic heterocycles. The number of hydrogen-bond donors (Lipinski definition) is 2. The monoisotopic (exact) mass is 379 g/mol. The van der Waals surface area contributed by atoms with Gasteiger partial charge in [0.25, 0.3) is 5.91 Å². The van der Waals surface area contributed by atoms with E-state index in [0.29, 0.717) is 24.5 Å². The number of carbonyl (C=O) groups is 1. The summed E-state index contributed by atoms with van der Waals surface area (Å²) >= 11 is 3.38. The minimum Gasteiger partial charge on any atom is -0.490 e. The highest BCUT2D eigenvalue weighted by Gasteiger charge is 2.06. The Morgan fingerprint density at radius 1 is 1.04 bits per heavy atom. The van der Waals surface area contributed by atoms with Crippen LogP contribution >= 0.6 is 15.9 Å². The second-order valence-electron chi connectivity index (χ2n) is 4.66. The van der Waals surface area contributed by atoms with Gasteiger partial charge in [-0.1, -0.05) is 28.1 Å². The lowest BCUT2D eigenvalue weighted by atomic mass is 10.2. The van der Waals surface area contributed by atoms with Crippen LogP contribution in [0.5, 0.6) is 11.5 Å². The lowest BCUT2D eigenvalue weighted by molar-refractivity contribution is 0.0944. The molecule has 0 bridgehead atoms. The van der Waals surface area contributed by atoms with Gasteiger partial charge in [-0.3, -0.25) is 4.79 Å². The number of halogens is 1. The van der Waals surface area contributed by atoms with Crippen LogP contribution in [0.2, 0.25) is 0 Å².